The summed E-state index contributed by atoms with van der Waals surface area (Å²) in [6.07, 6.45) is 0.961. The van der Waals surface area contributed by atoms with E-state index in [4.69, 9.17) is 0 Å². The zero-order valence-electron chi connectivity index (χ0n) is 11.0. The number of hydrogen-bond acceptors (Lipinski definition) is 1. The zero-order chi connectivity index (χ0) is 12.3. The van der Waals surface area contributed by atoms with E-state index in [1.165, 1.54) is 5.56 Å². The van der Waals surface area contributed by atoms with Crippen LogP contribution >= 0.6 is 0 Å². The third-order valence-electron chi connectivity index (χ3n) is 2.81. The molecule has 2 heteroatoms. The van der Waals surface area contributed by atoms with Gasteiger partial charge in [0.05, 0.1) is 0 Å². The minimum absolute atomic E-state index is 0.0657. The van der Waals surface area contributed by atoms with Crippen LogP contribution < -0.4 is 0 Å². The third kappa shape index (κ3) is 3.05. The molecule has 0 spiro atoms. The standard InChI is InChI=1S/C14H22FN/c1-6-11-7-13(10(2)3)14(15)8-12(11)9-16(4)5/h7-8,10H,6,9H2,1-5H3. The molecule has 0 aliphatic carbocycles. The lowest BCUT2D eigenvalue weighted by Gasteiger charge is -2.17. The second kappa shape index (κ2) is 5.44. The first kappa shape index (κ1) is 13.2. The van der Waals surface area contributed by atoms with Gasteiger partial charge in [-0.3, -0.25) is 0 Å². The van der Waals surface area contributed by atoms with Gasteiger partial charge in [0.25, 0.3) is 0 Å². The van der Waals surface area contributed by atoms with Gasteiger partial charge >= 0.3 is 0 Å². The zero-order valence-corrected chi connectivity index (χ0v) is 11.0. The van der Waals surface area contributed by atoms with Gasteiger partial charge in [-0.2, -0.15) is 0 Å². The molecule has 0 aliphatic rings. The Bertz CT molecular complexity index is 356. The van der Waals surface area contributed by atoms with E-state index in [2.05, 4.69) is 11.8 Å². The maximum Gasteiger partial charge on any atom is 0.126 e. The maximum absolute atomic E-state index is 13.8. The van der Waals surface area contributed by atoms with Crippen LogP contribution in [-0.2, 0) is 13.0 Å². The molecule has 1 rings (SSSR count). The molecule has 0 heterocycles. The molecule has 0 unspecified atom stereocenters. The van der Waals surface area contributed by atoms with Gasteiger partial charge in [0.15, 0.2) is 0 Å². The molecule has 1 nitrogen and oxygen atoms in total. The number of benzene rings is 1. The van der Waals surface area contributed by atoms with E-state index in [0.717, 1.165) is 24.1 Å². The van der Waals surface area contributed by atoms with Gasteiger partial charge in [-0.15, -0.1) is 0 Å². The van der Waals surface area contributed by atoms with Crippen molar-refractivity contribution in [2.45, 2.75) is 39.7 Å². The molecule has 0 saturated heterocycles. The van der Waals surface area contributed by atoms with E-state index in [1.54, 1.807) is 6.07 Å². The minimum atomic E-state index is -0.0657. The van der Waals surface area contributed by atoms with Crippen molar-refractivity contribution in [1.82, 2.24) is 4.90 Å². The van der Waals surface area contributed by atoms with Gasteiger partial charge < -0.3 is 4.90 Å². The van der Waals surface area contributed by atoms with E-state index in [9.17, 15) is 4.39 Å². The Morgan fingerprint density at radius 1 is 1.19 bits per heavy atom. The Balaban J connectivity index is 3.15. The van der Waals surface area contributed by atoms with Crippen molar-refractivity contribution in [1.29, 1.82) is 0 Å². The molecule has 0 aliphatic heterocycles. The van der Waals surface area contributed by atoms with Crippen LogP contribution in [0.15, 0.2) is 12.1 Å². The molecule has 0 atom stereocenters. The fourth-order valence-corrected chi connectivity index (χ4v) is 1.94. The molecule has 1 aromatic carbocycles. The first-order valence-corrected chi connectivity index (χ1v) is 5.91. The van der Waals surface area contributed by atoms with Crippen molar-refractivity contribution >= 4 is 0 Å². The molecule has 0 fully saturated rings. The van der Waals surface area contributed by atoms with Crippen molar-refractivity contribution in [2.24, 2.45) is 0 Å². The summed E-state index contributed by atoms with van der Waals surface area (Å²) in [4.78, 5) is 2.07. The van der Waals surface area contributed by atoms with E-state index in [1.807, 2.05) is 34.0 Å². The second-order valence-electron chi connectivity index (χ2n) is 4.89. The molecular formula is C14H22FN. The summed E-state index contributed by atoms with van der Waals surface area (Å²) < 4.78 is 13.8. The smallest absolute Gasteiger partial charge is 0.126 e. The quantitative estimate of drug-likeness (QED) is 0.754. The van der Waals surface area contributed by atoms with Gasteiger partial charge in [-0.25, -0.2) is 4.39 Å². The fraction of sp³-hybridized carbons (Fsp3) is 0.571. The SMILES string of the molecule is CCc1cc(C(C)C)c(F)cc1CN(C)C. The first-order valence-electron chi connectivity index (χ1n) is 5.91. The van der Waals surface area contributed by atoms with Crippen LogP contribution in [0.3, 0.4) is 0 Å². The molecule has 0 aromatic heterocycles. The van der Waals surface area contributed by atoms with Crippen molar-refractivity contribution < 1.29 is 4.39 Å². The van der Waals surface area contributed by atoms with E-state index >= 15 is 0 Å². The number of nitrogens with zero attached hydrogens (tertiary/aromatic N) is 1. The van der Waals surface area contributed by atoms with Gasteiger partial charge in [-0.05, 0) is 49.2 Å². The largest absolute Gasteiger partial charge is 0.305 e. The van der Waals surface area contributed by atoms with E-state index < -0.39 is 0 Å². The number of halogens is 1. The van der Waals surface area contributed by atoms with Crippen LogP contribution in [0.5, 0.6) is 0 Å². The van der Waals surface area contributed by atoms with Crippen LogP contribution in [0.2, 0.25) is 0 Å². The lowest BCUT2D eigenvalue weighted by molar-refractivity contribution is 0.399. The van der Waals surface area contributed by atoms with Gasteiger partial charge in [0.2, 0.25) is 0 Å². The van der Waals surface area contributed by atoms with Crippen LogP contribution in [-0.4, -0.2) is 19.0 Å². The number of hydrogen-bond donors (Lipinski definition) is 0. The van der Waals surface area contributed by atoms with Gasteiger partial charge in [-0.1, -0.05) is 26.8 Å². The topological polar surface area (TPSA) is 3.24 Å². The molecule has 0 saturated carbocycles. The highest BCUT2D eigenvalue weighted by Gasteiger charge is 2.11. The Labute approximate surface area is 98.3 Å². The molecule has 90 valence electrons. The van der Waals surface area contributed by atoms with Crippen molar-refractivity contribution in [3.05, 3.63) is 34.6 Å². The van der Waals surface area contributed by atoms with Crippen molar-refractivity contribution in [3.8, 4) is 0 Å². The molecule has 0 N–H and O–H groups in total. The van der Waals surface area contributed by atoms with E-state index in [-0.39, 0.29) is 11.7 Å². The van der Waals surface area contributed by atoms with Gasteiger partial charge in [0.1, 0.15) is 5.82 Å². The summed E-state index contributed by atoms with van der Waals surface area (Å²) in [5.74, 6) is 0.183. The highest BCUT2D eigenvalue weighted by Crippen LogP contribution is 2.23. The number of aryl methyl sites for hydroxylation is 1. The Kier molecular flexibility index (Phi) is 4.48. The monoisotopic (exact) mass is 223 g/mol. The van der Waals surface area contributed by atoms with Crippen LogP contribution in [0.4, 0.5) is 4.39 Å². The van der Waals surface area contributed by atoms with E-state index in [0.29, 0.717) is 0 Å². The van der Waals surface area contributed by atoms with Crippen LogP contribution in [0.25, 0.3) is 0 Å². The normalized spacial score (nSPS) is 11.5. The molecule has 0 radical (unpaired) electrons. The van der Waals surface area contributed by atoms with Crippen molar-refractivity contribution in [2.75, 3.05) is 14.1 Å². The highest BCUT2D eigenvalue weighted by molar-refractivity contribution is 5.34. The third-order valence-corrected chi connectivity index (χ3v) is 2.81. The molecule has 1 aromatic rings. The fourth-order valence-electron chi connectivity index (χ4n) is 1.94. The average molecular weight is 223 g/mol. The average Bonchev–Trinajstić information content (AvgIpc) is 2.16. The van der Waals surface area contributed by atoms with Crippen LogP contribution in [0, 0.1) is 5.82 Å². The summed E-state index contributed by atoms with van der Waals surface area (Å²) in [5.41, 5.74) is 3.20. The second-order valence-corrected chi connectivity index (χ2v) is 4.89. The predicted molar refractivity (Wildman–Crippen MR) is 67.3 cm³/mol. The lowest BCUT2D eigenvalue weighted by Crippen LogP contribution is -2.13. The van der Waals surface area contributed by atoms with Gasteiger partial charge in [0, 0.05) is 6.54 Å². The summed E-state index contributed by atoms with van der Waals surface area (Å²) in [6.45, 7) is 6.99. The van der Waals surface area contributed by atoms with Crippen molar-refractivity contribution in [3.63, 3.8) is 0 Å². The molecular weight excluding hydrogens is 201 g/mol. The summed E-state index contributed by atoms with van der Waals surface area (Å²) in [5, 5.41) is 0. The Morgan fingerprint density at radius 3 is 2.25 bits per heavy atom. The Hall–Kier alpha value is -0.890. The molecule has 0 bridgehead atoms. The summed E-state index contributed by atoms with van der Waals surface area (Å²) in [6, 6.07) is 3.73. The maximum atomic E-state index is 13.8. The van der Waals surface area contributed by atoms with Crippen LogP contribution in [0.1, 0.15) is 43.4 Å². The summed E-state index contributed by atoms with van der Waals surface area (Å²) >= 11 is 0. The first-order chi connectivity index (χ1) is 7.45. The molecule has 16 heavy (non-hydrogen) atoms. The highest BCUT2D eigenvalue weighted by atomic mass is 19.1. The Morgan fingerprint density at radius 2 is 1.81 bits per heavy atom. The number of rotatable bonds is 4. The lowest BCUT2D eigenvalue weighted by atomic mass is 9.95. The predicted octanol–water partition coefficient (Wildman–Crippen LogP) is 3.57. The summed E-state index contributed by atoms with van der Waals surface area (Å²) in [7, 11) is 4.02. The molecule has 0 amide bonds. The minimum Gasteiger partial charge on any atom is -0.305 e.